The van der Waals surface area contributed by atoms with E-state index in [4.69, 9.17) is 15.4 Å². The van der Waals surface area contributed by atoms with Gasteiger partial charge in [-0.3, -0.25) is 4.57 Å². The molecule has 0 fully saturated rings. The molecule has 1 rings (SSSR count). The summed E-state index contributed by atoms with van der Waals surface area (Å²) in [5, 5.41) is 7.22. The van der Waals surface area contributed by atoms with Gasteiger partial charge in [-0.25, -0.2) is 8.42 Å². The molecule has 1 aromatic heterocycles. The van der Waals surface area contributed by atoms with Crippen LogP contribution in [0.3, 0.4) is 0 Å². The Morgan fingerprint density at radius 3 is 2.39 bits per heavy atom. The lowest BCUT2D eigenvalue weighted by molar-refractivity contribution is -0.0196. The van der Waals surface area contributed by atoms with Gasteiger partial charge in [0, 0.05) is 17.2 Å². The maximum atomic E-state index is 11.3. The molecule has 6 nitrogen and oxygen atoms in total. The molecule has 0 N–H and O–H groups in total. The molecule has 0 saturated heterocycles. The number of rotatable bonds is 5. The Balaban J connectivity index is 3.03. The average Bonchev–Trinajstić information content (AvgIpc) is 2.57. The minimum atomic E-state index is -3.88. The van der Waals surface area contributed by atoms with Crippen molar-refractivity contribution in [3.8, 4) is 0 Å². The van der Waals surface area contributed by atoms with Crippen molar-refractivity contribution in [3.63, 3.8) is 0 Å². The summed E-state index contributed by atoms with van der Waals surface area (Å²) in [5.74, 6) is 0.464. The summed E-state index contributed by atoms with van der Waals surface area (Å²) in [7, 11) is 1.43. The summed E-state index contributed by atoms with van der Waals surface area (Å²) in [6.07, 6.45) is 0.750. The molecule has 8 heteroatoms. The van der Waals surface area contributed by atoms with Crippen molar-refractivity contribution in [2.45, 2.75) is 58.0 Å². The Morgan fingerprint density at radius 2 is 1.94 bits per heavy atom. The van der Waals surface area contributed by atoms with Crippen molar-refractivity contribution in [3.05, 3.63) is 5.82 Å². The fraction of sp³-hybridized carbons (Fsp3) is 0.800. The second-order valence-corrected chi connectivity index (χ2v) is 7.35. The first-order valence-electron chi connectivity index (χ1n) is 5.66. The van der Waals surface area contributed by atoms with Gasteiger partial charge in [0.05, 0.1) is 5.60 Å². The van der Waals surface area contributed by atoms with Crippen molar-refractivity contribution in [2.75, 3.05) is 0 Å². The zero-order chi connectivity index (χ0) is 14.0. The zero-order valence-electron chi connectivity index (χ0n) is 11.0. The van der Waals surface area contributed by atoms with E-state index >= 15 is 0 Å². The predicted octanol–water partition coefficient (Wildman–Crippen LogP) is 1.93. The van der Waals surface area contributed by atoms with Gasteiger partial charge in [0.15, 0.2) is 5.82 Å². The molecule has 0 aliphatic carbocycles. The van der Waals surface area contributed by atoms with Crippen LogP contribution in [0, 0.1) is 0 Å². The molecule has 0 aliphatic rings. The van der Waals surface area contributed by atoms with Crippen molar-refractivity contribution in [1.82, 2.24) is 14.8 Å². The first-order valence-corrected chi connectivity index (χ1v) is 7.97. The van der Waals surface area contributed by atoms with Gasteiger partial charge in [0.2, 0.25) is 0 Å². The molecule has 0 aliphatic heterocycles. The summed E-state index contributed by atoms with van der Waals surface area (Å²) in [6.45, 7) is 8.34. The normalized spacial score (nSPS) is 12.9. The van der Waals surface area contributed by atoms with E-state index in [0.717, 1.165) is 6.42 Å². The maximum absolute atomic E-state index is 11.3. The van der Waals surface area contributed by atoms with Crippen LogP contribution in [0.25, 0.3) is 0 Å². The molecule has 0 aromatic carbocycles. The molecule has 0 bridgehead atoms. The monoisotopic (exact) mass is 295 g/mol. The van der Waals surface area contributed by atoms with Crippen molar-refractivity contribution in [2.24, 2.45) is 0 Å². The van der Waals surface area contributed by atoms with E-state index in [-0.39, 0.29) is 17.4 Å². The molecule has 1 heterocycles. The number of ether oxygens (including phenoxy) is 1. The number of nitrogens with zero attached hydrogens (tertiary/aromatic N) is 3. The molecule has 0 unspecified atom stereocenters. The lowest BCUT2D eigenvalue weighted by atomic mass is 10.2. The highest BCUT2D eigenvalue weighted by atomic mass is 35.7. The predicted molar refractivity (Wildman–Crippen MR) is 67.9 cm³/mol. The van der Waals surface area contributed by atoms with Crippen LogP contribution in [-0.4, -0.2) is 28.8 Å². The Kier molecular flexibility index (Phi) is 4.74. The van der Waals surface area contributed by atoms with Gasteiger partial charge in [-0.15, -0.1) is 10.2 Å². The standard InChI is InChI=1S/C10H18ClN3O3S/c1-5-6-14-8(7-17-10(2,3)4)12-13-9(14)18(11,15)16/h5-7H2,1-4H3. The van der Waals surface area contributed by atoms with Gasteiger partial charge in [-0.2, -0.15) is 0 Å². The van der Waals surface area contributed by atoms with Gasteiger partial charge in [0.1, 0.15) is 6.61 Å². The molecule has 18 heavy (non-hydrogen) atoms. The largest absolute Gasteiger partial charge is 0.368 e. The van der Waals surface area contributed by atoms with E-state index in [2.05, 4.69) is 10.2 Å². The summed E-state index contributed by atoms with van der Waals surface area (Å²) in [6, 6.07) is 0. The molecule has 1 aromatic rings. The quantitative estimate of drug-likeness (QED) is 0.776. The molecular formula is C10H18ClN3O3S. The van der Waals surface area contributed by atoms with Gasteiger partial charge < -0.3 is 4.74 Å². The Hall–Kier alpha value is -0.660. The molecular weight excluding hydrogens is 278 g/mol. The summed E-state index contributed by atoms with van der Waals surface area (Å²) < 4.78 is 29.7. The fourth-order valence-electron chi connectivity index (χ4n) is 1.34. The SMILES string of the molecule is CCCn1c(COC(C)(C)C)nnc1S(=O)(=O)Cl. The highest BCUT2D eigenvalue weighted by Crippen LogP contribution is 2.17. The molecule has 0 atom stereocenters. The van der Waals surface area contributed by atoms with E-state index in [1.165, 1.54) is 4.57 Å². The summed E-state index contributed by atoms with van der Waals surface area (Å²) >= 11 is 0. The lowest BCUT2D eigenvalue weighted by Crippen LogP contribution is -2.20. The van der Waals surface area contributed by atoms with Crippen molar-refractivity contribution >= 4 is 19.7 Å². The van der Waals surface area contributed by atoms with Gasteiger partial charge >= 0.3 is 0 Å². The summed E-state index contributed by atoms with van der Waals surface area (Å²) in [5.41, 5.74) is -0.330. The van der Waals surface area contributed by atoms with E-state index in [1.54, 1.807) is 0 Å². The number of halogens is 1. The fourth-order valence-corrected chi connectivity index (χ4v) is 2.28. The second kappa shape index (κ2) is 5.54. The van der Waals surface area contributed by atoms with Crippen LogP contribution >= 0.6 is 10.7 Å². The van der Waals surface area contributed by atoms with Crippen LogP contribution in [0.5, 0.6) is 0 Å². The smallest absolute Gasteiger partial charge is 0.296 e. The van der Waals surface area contributed by atoms with Gasteiger partial charge in [-0.05, 0) is 27.2 Å². The van der Waals surface area contributed by atoms with E-state index < -0.39 is 9.05 Å². The van der Waals surface area contributed by atoms with Crippen LogP contribution in [-0.2, 0) is 26.9 Å². The molecule has 104 valence electrons. The van der Waals surface area contributed by atoms with Gasteiger partial charge in [0.25, 0.3) is 14.2 Å². The topological polar surface area (TPSA) is 74.1 Å². The van der Waals surface area contributed by atoms with Crippen molar-refractivity contribution < 1.29 is 13.2 Å². The lowest BCUT2D eigenvalue weighted by Gasteiger charge is -2.19. The number of aromatic nitrogens is 3. The average molecular weight is 296 g/mol. The van der Waals surface area contributed by atoms with Crippen molar-refractivity contribution in [1.29, 1.82) is 0 Å². The van der Waals surface area contributed by atoms with Crippen LogP contribution in [0.1, 0.15) is 39.9 Å². The highest BCUT2D eigenvalue weighted by Gasteiger charge is 2.23. The Bertz CT molecular complexity index is 505. The molecule has 0 spiro atoms. The second-order valence-electron chi connectivity index (χ2n) is 4.89. The first-order chi connectivity index (χ1) is 8.15. The van der Waals surface area contributed by atoms with Crippen LogP contribution in [0.2, 0.25) is 0 Å². The van der Waals surface area contributed by atoms with Crippen LogP contribution < -0.4 is 0 Å². The minimum absolute atomic E-state index is 0.197. The zero-order valence-corrected chi connectivity index (χ0v) is 12.5. The number of hydrogen-bond donors (Lipinski definition) is 0. The van der Waals surface area contributed by atoms with Gasteiger partial charge in [-0.1, -0.05) is 6.92 Å². The van der Waals surface area contributed by atoms with E-state index in [9.17, 15) is 8.42 Å². The maximum Gasteiger partial charge on any atom is 0.296 e. The molecule has 0 saturated carbocycles. The third-order valence-electron chi connectivity index (χ3n) is 2.09. The van der Waals surface area contributed by atoms with E-state index in [1.807, 2.05) is 27.7 Å². The number of hydrogen-bond acceptors (Lipinski definition) is 5. The Labute approximate surface area is 112 Å². The summed E-state index contributed by atoms with van der Waals surface area (Å²) in [4.78, 5) is 0. The molecule has 0 radical (unpaired) electrons. The highest BCUT2D eigenvalue weighted by molar-refractivity contribution is 8.13. The third-order valence-corrected chi connectivity index (χ3v) is 3.25. The molecule has 0 amide bonds. The third kappa shape index (κ3) is 4.22. The first kappa shape index (κ1) is 15.4. The minimum Gasteiger partial charge on any atom is -0.368 e. The van der Waals surface area contributed by atoms with E-state index in [0.29, 0.717) is 12.4 Å². The van der Waals surface area contributed by atoms with Crippen LogP contribution in [0.15, 0.2) is 5.16 Å². The van der Waals surface area contributed by atoms with Crippen LogP contribution in [0.4, 0.5) is 0 Å². The Morgan fingerprint density at radius 1 is 1.33 bits per heavy atom.